The van der Waals surface area contributed by atoms with E-state index in [-0.39, 0.29) is 6.10 Å². The number of rotatable bonds is 8. The number of anilines is 2. The molecule has 17 heavy (non-hydrogen) atoms. The lowest BCUT2D eigenvalue weighted by Crippen LogP contribution is -2.20. The van der Waals surface area contributed by atoms with Gasteiger partial charge in [-0.1, -0.05) is 13.0 Å². The Morgan fingerprint density at radius 1 is 1.24 bits per heavy atom. The Balaban J connectivity index is 2.42. The molecule has 1 atom stereocenters. The minimum Gasteiger partial charge on any atom is -0.377 e. The highest BCUT2D eigenvalue weighted by atomic mass is 16.5. The molecule has 0 amide bonds. The zero-order chi connectivity index (χ0) is 12.5. The molecule has 0 fully saturated rings. The van der Waals surface area contributed by atoms with Gasteiger partial charge in [0.05, 0.1) is 6.10 Å². The van der Waals surface area contributed by atoms with E-state index in [1.54, 1.807) is 0 Å². The first-order valence-electron chi connectivity index (χ1n) is 6.32. The number of nitrogens with one attached hydrogen (secondary N) is 2. The summed E-state index contributed by atoms with van der Waals surface area (Å²) >= 11 is 0. The third-order valence-electron chi connectivity index (χ3n) is 2.33. The van der Waals surface area contributed by atoms with Gasteiger partial charge in [-0.3, -0.25) is 0 Å². The van der Waals surface area contributed by atoms with Gasteiger partial charge in [0.25, 0.3) is 0 Å². The Morgan fingerprint density at radius 2 is 1.94 bits per heavy atom. The first kappa shape index (κ1) is 13.8. The van der Waals surface area contributed by atoms with Crippen molar-refractivity contribution in [1.29, 1.82) is 0 Å². The third-order valence-corrected chi connectivity index (χ3v) is 2.33. The Bertz CT molecular complexity index is 317. The van der Waals surface area contributed by atoms with Gasteiger partial charge >= 0.3 is 0 Å². The van der Waals surface area contributed by atoms with E-state index in [1.807, 2.05) is 25.1 Å². The lowest BCUT2D eigenvalue weighted by atomic mass is 10.3. The van der Waals surface area contributed by atoms with Gasteiger partial charge in [0.15, 0.2) is 0 Å². The van der Waals surface area contributed by atoms with Crippen molar-refractivity contribution in [2.75, 3.05) is 30.3 Å². The standard InChI is InChI=1S/C13H23N3O/c1-4-9-14-12-7-6-8-13(16-12)15-10-11(3)17-5-2/h6-8,11H,4-5,9-10H2,1-3H3,(H2,14,15,16). The number of ether oxygens (including phenoxy) is 1. The van der Waals surface area contributed by atoms with Gasteiger partial charge in [0, 0.05) is 19.7 Å². The van der Waals surface area contributed by atoms with E-state index in [9.17, 15) is 0 Å². The van der Waals surface area contributed by atoms with Gasteiger partial charge in [-0.05, 0) is 32.4 Å². The molecule has 0 saturated heterocycles. The molecule has 0 radical (unpaired) electrons. The van der Waals surface area contributed by atoms with Crippen LogP contribution in [0, 0.1) is 0 Å². The summed E-state index contributed by atoms with van der Waals surface area (Å²) < 4.78 is 5.45. The smallest absolute Gasteiger partial charge is 0.128 e. The number of nitrogens with zero attached hydrogens (tertiary/aromatic N) is 1. The van der Waals surface area contributed by atoms with E-state index in [1.165, 1.54) is 0 Å². The zero-order valence-corrected chi connectivity index (χ0v) is 11.0. The fourth-order valence-corrected chi connectivity index (χ4v) is 1.48. The van der Waals surface area contributed by atoms with Crippen LogP contribution in [-0.2, 0) is 4.74 Å². The average Bonchev–Trinajstić information content (AvgIpc) is 2.35. The van der Waals surface area contributed by atoms with Gasteiger partial charge in [-0.2, -0.15) is 0 Å². The fourth-order valence-electron chi connectivity index (χ4n) is 1.48. The Labute approximate surface area is 104 Å². The monoisotopic (exact) mass is 237 g/mol. The van der Waals surface area contributed by atoms with E-state index in [0.29, 0.717) is 0 Å². The maximum Gasteiger partial charge on any atom is 0.128 e. The van der Waals surface area contributed by atoms with E-state index in [4.69, 9.17) is 4.74 Å². The first-order chi connectivity index (χ1) is 8.26. The fraction of sp³-hybridized carbons (Fsp3) is 0.615. The van der Waals surface area contributed by atoms with Crippen LogP contribution in [0.15, 0.2) is 18.2 Å². The lowest BCUT2D eigenvalue weighted by Gasteiger charge is -2.13. The highest BCUT2D eigenvalue weighted by Crippen LogP contribution is 2.09. The van der Waals surface area contributed by atoms with Gasteiger partial charge < -0.3 is 15.4 Å². The van der Waals surface area contributed by atoms with Crippen molar-refractivity contribution in [2.24, 2.45) is 0 Å². The van der Waals surface area contributed by atoms with Crippen LogP contribution in [0.5, 0.6) is 0 Å². The van der Waals surface area contributed by atoms with Crippen LogP contribution in [0.4, 0.5) is 11.6 Å². The van der Waals surface area contributed by atoms with Crippen LogP contribution in [0.1, 0.15) is 27.2 Å². The second kappa shape index (κ2) is 7.90. The maximum absolute atomic E-state index is 5.45. The predicted octanol–water partition coefficient (Wildman–Crippen LogP) is 2.74. The van der Waals surface area contributed by atoms with Crippen molar-refractivity contribution >= 4 is 11.6 Å². The Morgan fingerprint density at radius 3 is 2.59 bits per heavy atom. The van der Waals surface area contributed by atoms with Gasteiger partial charge in [0.2, 0.25) is 0 Å². The zero-order valence-electron chi connectivity index (χ0n) is 11.0. The number of hydrogen-bond acceptors (Lipinski definition) is 4. The Kier molecular flexibility index (Phi) is 6.40. The van der Waals surface area contributed by atoms with Gasteiger partial charge in [-0.15, -0.1) is 0 Å². The molecule has 0 spiro atoms. The first-order valence-corrected chi connectivity index (χ1v) is 6.32. The second-order valence-electron chi connectivity index (χ2n) is 3.98. The normalized spacial score (nSPS) is 12.2. The molecule has 0 saturated carbocycles. The molecule has 1 rings (SSSR count). The maximum atomic E-state index is 5.45. The molecular weight excluding hydrogens is 214 g/mol. The van der Waals surface area contributed by atoms with Gasteiger partial charge in [-0.25, -0.2) is 4.98 Å². The molecule has 2 N–H and O–H groups in total. The van der Waals surface area contributed by atoms with Crippen LogP contribution in [0.3, 0.4) is 0 Å². The number of hydrogen-bond donors (Lipinski definition) is 2. The molecule has 1 heterocycles. The molecule has 1 aromatic rings. The molecule has 1 unspecified atom stereocenters. The van der Waals surface area contributed by atoms with E-state index >= 15 is 0 Å². The lowest BCUT2D eigenvalue weighted by molar-refractivity contribution is 0.0855. The van der Waals surface area contributed by atoms with Crippen molar-refractivity contribution in [1.82, 2.24) is 4.98 Å². The van der Waals surface area contributed by atoms with E-state index in [2.05, 4.69) is 29.5 Å². The largest absolute Gasteiger partial charge is 0.377 e. The van der Waals surface area contributed by atoms with Crippen molar-refractivity contribution in [3.63, 3.8) is 0 Å². The second-order valence-corrected chi connectivity index (χ2v) is 3.98. The van der Waals surface area contributed by atoms with Crippen LogP contribution in [0.25, 0.3) is 0 Å². The van der Waals surface area contributed by atoms with Crippen molar-refractivity contribution < 1.29 is 4.74 Å². The predicted molar refractivity (Wildman–Crippen MR) is 72.6 cm³/mol. The third kappa shape index (κ3) is 5.54. The minimum atomic E-state index is 0.203. The van der Waals surface area contributed by atoms with Crippen LogP contribution < -0.4 is 10.6 Å². The summed E-state index contributed by atoms with van der Waals surface area (Å²) in [5.74, 6) is 1.80. The molecular formula is C13H23N3O. The van der Waals surface area contributed by atoms with Crippen LogP contribution in [-0.4, -0.2) is 30.8 Å². The highest BCUT2D eigenvalue weighted by molar-refractivity contribution is 5.45. The molecule has 0 aromatic carbocycles. The average molecular weight is 237 g/mol. The molecule has 96 valence electrons. The van der Waals surface area contributed by atoms with E-state index in [0.717, 1.165) is 37.8 Å². The van der Waals surface area contributed by atoms with Gasteiger partial charge in [0.1, 0.15) is 11.6 Å². The molecule has 0 bridgehead atoms. The molecule has 0 aliphatic carbocycles. The summed E-state index contributed by atoms with van der Waals surface area (Å²) in [6.45, 7) is 8.66. The SMILES string of the molecule is CCCNc1cccc(NCC(C)OCC)n1. The summed E-state index contributed by atoms with van der Waals surface area (Å²) in [5.41, 5.74) is 0. The number of pyridine rings is 1. The minimum absolute atomic E-state index is 0.203. The van der Waals surface area contributed by atoms with Crippen molar-refractivity contribution in [3.05, 3.63) is 18.2 Å². The summed E-state index contributed by atoms with van der Waals surface area (Å²) in [4.78, 5) is 4.46. The molecule has 0 aliphatic heterocycles. The number of aromatic nitrogens is 1. The molecule has 4 nitrogen and oxygen atoms in total. The van der Waals surface area contributed by atoms with Crippen LogP contribution >= 0.6 is 0 Å². The van der Waals surface area contributed by atoms with Crippen molar-refractivity contribution in [2.45, 2.75) is 33.3 Å². The Hall–Kier alpha value is -1.29. The highest BCUT2D eigenvalue weighted by Gasteiger charge is 2.01. The molecule has 1 aromatic heterocycles. The summed E-state index contributed by atoms with van der Waals surface area (Å²) in [6.07, 6.45) is 1.30. The van der Waals surface area contributed by atoms with Crippen LogP contribution in [0.2, 0.25) is 0 Å². The summed E-state index contributed by atoms with van der Waals surface area (Å²) in [7, 11) is 0. The summed E-state index contributed by atoms with van der Waals surface area (Å²) in [5, 5.41) is 6.54. The van der Waals surface area contributed by atoms with E-state index < -0.39 is 0 Å². The topological polar surface area (TPSA) is 46.2 Å². The van der Waals surface area contributed by atoms with Crippen molar-refractivity contribution in [3.8, 4) is 0 Å². The summed E-state index contributed by atoms with van der Waals surface area (Å²) in [6, 6.07) is 5.95. The quantitative estimate of drug-likeness (QED) is 0.730. The molecule has 4 heteroatoms. The molecule has 0 aliphatic rings.